The molecule has 2 aliphatic rings. The minimum Gasteiger partial charge on any atom is -0.387 e. The van der Waals surface area contributed by atoms with E-state index in [9.17, 15) is 40.7 Å². The zero-order chi connectivity index (χ0) is 32.4. The number of piperidine rings is 2. The van der Waals surface area contributed by atoms with E-state index in [4.69, 9.17) is 5.11 Å². The van der Waals surface area contributed by atoms with Crippen LogP contribution < -0.4 is 0 Å². The second-order valence-electron chi connectivity index (χ2n) is 11.6. The Morgan fingerprint density at radius 2 is 1.45 bits per heavy atom. The minimum absolute atomic E-state index is 0.0562. The highest BCUT2D eigenvalue weighted by molar-refractivity contribution is 5.83. The zero-order valence-electron chi connectivity index (χ0n) is 24.4. The Labute approximate surface area is 251 Å². The maximum Gasteiger partial charge on any atom is 0.416 e. The number of hydrogen-bond donors (Lipinski definition) is 1. The molecule has 0 bridgehead atoms. The van der Waals surface area contributed by atoms with Crippen molar-refractivity contribution in [1.82, 2.24) is 14.7 Å². The van der Waals surface area contributed by atoms with E-state index in [2.05, 4.69) is 0 Å². The number of amides is 3. The van der Waals surface area contributed by atoms with Gasteiger partial charge in [-0.2, -0.15) is 26.3 Å². The van der Waals surface area contributed by atoms with Crippen LogP contribution in [0, 0.1) is 18.8 Å². The van der Waals surface area contributed by atoms with Crippen LogP contribution in [0.2, 0.25) is 0 Å². The van der Waals surface area contributed by atoms with E-state index in [-0.39, 0.29) is 43.0 Å². The highest BCUT2D eigenvalue weighted by Crippen LogP contribution is 2.39. The van der Waals surface area contributed by atoms with Crippen molar-refractivity contribution < 1.29 is 45.8 Å². The third-order valence-corrected chi connectivity index (χ3v) is 8.61. The van der Waals surface area contributed by atoms with E-state index in [1.807, 2.05) is 31.2 Å². The average Bonchev–Trinajstić information content (AvgIpc) is 2.99. The van der Waals surface area contributed by atoms with Gasteiger partial charge in [0.25, 0.3) is 0 Å². The van der Waals surface area contributed by atoms with Crippen molar-refractivity contribution in [2.75, 3.05) is 39.8 Å². The number of carbonyl (C=O) groups excluding carboxylic acids is 3. The van der Waals surface area contributed by atoms with Gasteiger partial charge in [0.1, 0.15) is 6.61 Å². The molecule has 0 aliphatic carbocycles. The van der Waals surface area contributed by atoms with Gasteiger partial charge in [-0.3, -0.25) is 14.4 Å². The van der Waals surface area contributed by atoms with Gasteiger partial charge in [-0.25, -0.2) is 0 Å². The second kappa shape index (κ2) is 13.2. The van der Waals surface area contributed by atoms with Crippen LogP contribution in [0.3, 0.4) is 0 Å². The molecule has 44 heavy (non-hydrogen) atoms. The number of alkyl halides is 6. The summed E-state index contributed by atoms with van der Waals surface area (Å²) in [6.07, 6.45) is -8.86. The summed E-state index contributed by atoms with van der Waals surface area (Å²) in [6.45, 7) is 1.98. The van der Waals surface area contributed by atoms with Crippen LogP contribution in [0.5, 0.6) is 0 Å². The van der Waals surface area contributed by atoms with Crippen molar-refractivity contribution in [3.05, 3.63) is 70.3 Å². The van der Waals surface area contributed by atoms with Gasteiger partial charge in [0.2, 0.25) is 17.7 Å². The van der Waals surface area contributed by atoms with Crippen LogP contribution in [0.15, 0.2) is 42.5 Å². The van der Waals surface area contributed by atoms with Crippen LogP contribution in [-0.4, -0.2) is 77.4 Å². The normalized spacial score (nSPS) is 20.0. The predicted molar refractivity (Wildman–Crippen MR) is 148 cm³/mol. The summed E-state index contributed by atoms with van der Waals surface area (Å²) in [5.41, 5.74) is -1.47. The fourth-order valence-corrected chi connectivity index (χ4v) is 6.25. The quantitative estimate of drug-likeness (QED) is 0.465. The fourth-order valence-electron chi connectivity index (χ4n) is 6.25. The summed E-state index contributed by atoms with van der Waals surface area (Å²) in [5.74, 6) is -2.36. The van der Waals surface area contributed by atoms with Gasteiger partial charge in [-0.15, -0.1) is 0 Å². The lowest BCUT2D eigenvalue weighted by atomic mass is 9.77. The molecule has 13 heteroatoms. The third kappa shape index (κ3) is 7.54. The standard InChI is InChI=1S/C31H35F6N3O4/c1-19-5-3-4-6-24(19)26-17-40(28(43)21-7-10-39(11-8-21)27(42)18-41)12-9-25(26)29(44)38(2)16-20-13-22(30(32,33)34)15-23(14-20)31(35,36)37/h3-6,13-15,21,25-26,41H,7-12,16-18H2,1-2H3/t25-,26?/m1/s1. The van der Waals surface area contributed by atoms with Crippen LogP contribution >= 0.6 is 0 Å². The highest BCUT2D eigenvalue weighted by atomic mass is 19.4. The molecule has 1 unspecified atom stereocenters. The topological polar surface area (TPSA) is 81.2 Å². The molecule has 2 saturated heterocycles. The molecule has 7 nitrogen and oxygen atoms in total. The molecule has 2 heterocycles. The first kappa shape index (κ1) is 33.3. The molecule has 0 aromatic heterocycles. The Hall–Kier alpha value is -3.61. The summed E-state index contributed by atoms with van der Waals surface area (Å²) in [4.78, 5) is 43.5. The lowest BCUT2D eigenvalue weighted by Gasteiger charge is -2.42. The molecule has 2 aromatic carbocycles. The summed E-state index contributed by atoms with van der Waals surface area (Å²) < 4.78 is 80.4. The first-order valence-corrected chi connectivity index (χ1v) is 14.4. The zero-order valence-corrected chi connectivity index (χ0v) is 24.4. The molecule has 3 amide bonds. The Morgan fingerprint density at radius 1 is 0.886 bits per heavy atom. The Balaban J connectivity index is 1.54. The number of nitrogens with zero attached hydrogens (tertiary/aromatic N) is 3. The van der Waals surface area contributed by atoms with Crippen LogP contribution in [0.1, 0.15) is 53.0 Å². The van der Waals surface area contributed by atoms with Gasteiger partial charge < -0.3 is 19.8 Å². The van der Waals surface area contributed by atoms with Crippen LogP contribution in [0.25, 0.3) is 0 Å². The van der Waals surface area contributed by atoms with Crippen LogP contribution in [-0.2, 0) is 33.3 Å². The first-order valence-electron chi connectivity index (χ1n) is 14.4. The van der Waals surface area contributed by atoms with Gasteiger partial charge in [0, 0.05) is 57.5 Å². The molecular weight excluding hydrogens is 592 g/mol. The van der Waals surface area contributed by atoms with Gasteiger partial charge >= 0.3 is 12.4 Å². The first-order chi connectivity index (χ1) is 20.6. The fraction of sp³-hybridized carbons (Fsp3) is 0.516. The van der Waals surface area contributed by atoms with E-state index in [0.717, 1.165) is 16.0 Å². The van der Waals surface area contributed by atoms with E-state index < -0.39 is 60.3 Å². The molecule has 0 spiro atoms. The monoisotopic (exact) mass is 627 g/mol. The molecule has 2 aromatic rings. The number of benzene rings is 2. The van der Waals surface area contributed by atoms with Crippen molar-refractivity contribution in [2.45, 2.75) is 51.0 Å². The van der Waals surface area contributed by atoms with E-state index >= 15 is 0 Å². The second-order valence-corrected chi connectivity index (χ2v) is 11.6. The van der Waals surface area contributed by atoms with Crippen molar-refractivity contribution in [3.8, 4) is 0 Å². The van der Waals surface area contributed by atoms with Crippen molar-refractivity contribution in [3.63, 3.8) is 0 Å². The Bertz CT molecular complexity index is 1340. The van der Waals surface area contributed by atoms with E-state index in [0.29, 0.717) is 38.1 Å². The molecule has 1 N–H and O–H groups in total. The smallest absolute Gasteiger partial charge is 0.387 e. The molecular formula is C31H35F6N3O4. The van der Waals surface area contributed by atoms with Gasteiger partial charge in [0.15, 0.2) is 0 Å². The molecule has 2 atom stereocenters. The third-order valence-electron chi connectivity index (χ3n) is 8.61. The van der Waals surface area contributed by atoms with Gasteiger partial charge in [-0.05, 0) is 61.1 Å². The number of carbonyl (C=O) groups is 3. The summed E-state index contributed by atoms with van der Waals surface area (Å²) in [5, 5.41) is 9.12. The van der Waals surface area contributed by atoms with Crippen molar-refractivity contribution in [2.24, 2.45) is 11.8 Å². The predicted octanol–water partition coefficient (Wildman–Crippen LogP) is 4.85. The van der Waals surface area contributed by atoms with E-state index in [1.165, 1.54) is 11.9 Å². The number of halogens is 6. The summed E-state index contributed by atoms with van der Waals surface area (Å²) >= 11 is 0. The SMILES string of the molecule is Cc1ccccc1C1CN(C(=O)C2CCN(C(=O)CO)CC2)CC[C@H]1C(=O)N(C)Cc1cc(C(F)(F)F)cc(C(F)(F)F)c1. The number of aryl methyl sites for hydroxylation is 1. The molecule has 0 saturated carbocycles. The molecule has 4 rings (SSSR count). The Kier molecular flexibility index (Phi) is 9.96. The number of likely N-dealkylation sites (tertiary alicyclic amines) is 2. The average molecular weight is 628 g/mol. The van der Waals surface area contributed by atoms with Crippen molar-refractivity contribution >= 4 is 17.7 Å². The maximum absolute atomic E-state index is 13.8. The maximum atomic E-state index is 13.8. The number of hydrogen-bond acceptors (Lipinski definition) is 4. The Morgan fingerprint density at radius 3 is 2.00 bits per heavy atom. The molecule has 2 fully saturated rings. The van der Waals surface area contributed by atoms with Crippen molar-refractivity contribution in [1.29, 1.82) is 0 Å². The van der Waals surface area contributed by atoms with Crippen LogP contribution in [0.4, 0.5) is 26.3 Å². The van der Waals surface area contributed by atoms with E-state index in [1.54, 1.807) is 4.90 Å². The number of aliphatic hydroxyl groups excluding tert-OH is 1. The van der Waals surface area contributed by atoms with Gasteiger partial charge in [-0.1, -0.05) is 24.3 Å². The number of rotatable bonds is 6. The molecule has 0 radical (unpaired) electrons. The lowest BCUT2D eigenvalue weighted by molar-refractivity contribution is -0.145. The minimum atomic E-state index is -5.00. The highest BCUT2D eigenvalue weighted by Gasteiger charge is 2.41. The summed E-state index contributed by atoms with van der Waals surface area (Å²) in [7, 11) is 1.35. The summed E-state index contributed by atoms with van der Waals surface area (Å²) in [6, 6.07) is 8.67. The largest absolute Gasteiger partial charge is 0.416 e. The van der Waals surface area contributed by atoms with Gasteiger partial charge in [0.05, 0.1) is 11.1 Å². The molecule has 2 aliphatic heterocycles. The number of aliphatic hydroxyl groups is 1. The molecule has 240 valence electrons. The lowest BCUT2D eigenvalue weighted by Crippen LogP contribution is -2.51.